The molecule has 2 aromatic carbocycles. The highest BCUT2D eigenvalue weighted by atomic mass is 19.4. The largest absolute Gasteiger partial charge is 0.416 e. The van der Waals surface area contributed by atoms with Crippen LogP contribution in [0, 0.1) is 13.8 Å². The van der Waals surface area contributed by atoms with Crippen molar-refractivity contribution in [1.29, 1.82) is 0 Å². The summed E-state index contributed by atoms with van der Waals surface area (Å²) in [5.74, 6) is 0.516. The molecule has 2 aromatic heterocycles. The Morgan fingerprint density at radius 2 is 1.87 bits per heavy atom. The van der Waals surface area contributed by atoms with Gasteiger partial charge >= 0.3 is 6.18 Å². The van der Waals surface area contributed by atoms with Gasteiger partial charge in [0, 0.05) is 13.1 Å². The van der Waals surface area contributed by atoms with Gasteiger partial charge in [-0.25, -0.2) is 9.67 Å². The van der Waals surface area contributed by atoms with Crippen molar-refractivity contribution >= 4 is 16.9 Å². The van der Waals surface area contributed by atoms with Gasteiger partial charge in [-0.2, -0.15) is 18.3 Å². The van der Waals surface area contributed by atoms with Gasteiger partial charge in [-0.05, 0) is 44.2 Å². The number of halogens is 3. The number of nitrogens with one attached hydrogen (secondary N) is 1. The Morgan fingerprint density at radius 3 is 2.65 bits per heavy atom. The molecule has 0 aliphatic rings. The summed E-state index contributed by atoms with van der Waals surface area (Å²) in [6, 6.07) is 12.6. The Labute approximate surface area is 176 Å². The topological polar surface area (TPSA) is 64.7 Å². The van der Waals surface area contributed by atoms with Crippen LogP contribution in [0.3, 0.4) is 0 Å². The van der Waals surface area contributed by atoms with Crippen LogP contribution >= 0.6 is 0 Å². The van der Waals surface area contributed by atoms with Gasteiger partial charge in [0.1, 0.15) is 5.82 Å². The van der Waals surface area contributed by atoms with Gasteiger partial charge in [-0.3, -0.25) is 4.79 Å². The lowest BCUT2D eigenvalue weighted by molar-refractivity contribution is -0.137. The van der Waals surface area contributed by atoms with Gasteiger partial charge in [0.25, 0.3) is 5.91 Å². The van der Waals surface area contributed by atoms with Gasteiger partial charge in [0.05, 0.1) is 39.7 Å². The molecule has 0 saturated heterocycles. The lowest BCUT2D eigenvalue weighted by Gasteiger charge is -2.11. The van der Waals surface area contributed by atoms with Crippen LogP contribution in [0.2, 0.25) is 0 Å². The number of hydrogen-bond donors (Lipinski definition) is 1. The Hall–Kier alpha value is -3.62. The van der Waals surface area contributed by atoms with Gasteiger partial charge in [-0.15, -0.1) is 0 Å². The number of carbonyl (C=O) groups excluding carboxylic acids is 1. The van der Waals surface area contributed by atoms with Crippen molar-refractivity contribution in [3.8, 4) is 5.69 Å². The van der Waals surface area contributed by atoms with Gasteiger partial charge in [-0.1, -0.05) is 18.2 Å². The van der Waals surface area contributed by atoms with E-state index in [2.05, 4.69) is 15.4 Å². The monoisotopic (exact) mass is 427 g/mol. The van der Waals surface area contributed by atoms with Crippen LogP contribution in [0.5, 0.6) is 0 Å². The van der Waals surface area contributed by atoms with Crippen LogP contribution < -0.4 is 5.32 Å². The third-order valence-corrected chi connectivity index (χ3v) is 5.14. The molecule has 0 fully saturated rings. The predicted octanol–water partition coefficient (Wildman–Crippen LogP) is 4.29. The highest BCUT2D eigenvalue weighted by Gasteiger charge is 2.30. The summed E-state index contributed by atoms with van der Waals surface area (Å²) in [6.45, 7) is 4.47. The molecule has 6 nitrogen and oxygen atoms in total. The predicted molar refractivity (Wildman–Crippen MR) is 110 cm³/mol. The molecule has 1 N–H and O–H groups in total. The summed E-state index contributed by atoms with van der Waals surface area (Å²) in [4.78, 5) is 17.1. The maximum absolute atomic E-state index is 13.0. The van der Waals surface area contributed by atoms with Gasteiger partial charge < -0.3 is 9.88 Å². The quantitative estimate of drug-likeness (QED) is 0.517. The zero-order valence-corrected chi connectivity index (χ0v) is 16.9. The highest BCUT2D eigenvalue weighted by Crippen LogP contribution is 2.30. The third-order valence-electron chi connectivity index (χ3n) is 5.14. The Bertz CT molecular complexity index is 1260. The molecule has 0 saturated carbocycles. The minimum Gasteiger partial charge on any atom is -0.350 e. The smallest absolute Gasteiger partial charge is 0.350 e. The van der Waals surface area contributed by atoms with Crippen molar-refractivity contribution in [2.24, 2.45) is 0 Å². The average Bonchev–Trinajstić information content (AvgIpc) is 3.27. The molecule has 4 aromatic rings. The summed E-state index contributed by atoms with van der Waals surface area (Å²) in [5, 5.41) is 6.97. The molecule has 9 heteroatoms. The van der Waals surface area contributed by atoms with Crippen molar-refractivity contribution < 1.29 is 18.0 Å². The van der Waals surface area contributed by atoms with Crippen LogP contribution in [-0.2, 0) is 12.7 Å². The van der Waals surface area contributed by atoms with E-state index in [4.69, 9.17) is 0 Å². The lowest BCUT2D eigenvalue weighted by atomic mass is 10.2. The SMILES string of the molecule is Cc1c(C(=O)NCCn2c(C)nc3ccccc32)cnn1-c1cccc(C(F)(F)F)c1. The van der Waals surface area contributed by atoms with Crippen molar-refractivity contribution in [1.82, 2.24) is 24.6 Å². The molecule has 0 spiro atoms. The third kappa shape index (κ3) is 4.03. The van der Waals surface area contributed by atoms with E-state index in [1.54, 1.807) is 6.92 Å². The number of carbonyl (C=O) groups is 1. The molecule has 1 amide bonds. The molecule has 2 heterocycles. The van der Waals surface area contributed by atoms with Crippen molar-refractivity contribution in [3.63, 3.8) is 0 Å². The minimum atomic E-state index is -4.45. The van der Waals surface area contributed by atoms with E-state index in [0.29, 0.717) is 24.3 Å². The number of nitrogens with zero attached hydrogens (tertiary/aromatic N) is 4. The number of rotatable bonds is 5. The first-order valence-electron chi connectivity index (χ1n) is 9.68. The van der Waals surface area contributed by atoms with Crippen LogP contribution in [0.15, 0.2) is 54.7 Å². The fourth-order valence-electron chi connectivity index (χ4n) is 3.56. The number of imidazole rings is 1. The van der Waals surface area contributed by atoms with Crippen molar-refractivity contribution in [2.45, 2.75) is 26.6 Å². The van der Waals surface area contributed by atoms with E-state index in [-0.39, 0.29) is 11.6 Å². The standard InChI is InChI=1S/C22H20F3N5O/c1-14-18(13-27-30(14)17-7-5-6-16(12-17)22(23,24)25)21(31)26-10-11-29-15(2)28-19-8-3-4-9-20(19)29/h3-9,12-13H,10-11H2,1-2H3,(H,26,31). The molecule has 4 rings (SSSR count). The number of hydrogen-bond acceptors (Lipinski definition) is 3. The molecule has 0 unspecified atom stereocenters. The number of fused-ring (bicyclic) bond motifs is 1. The second kappa shape index (κ2) is 7.90. The number of aryl methyl sites for hydroxylation is 1. The first-order valence-corrected chi connectivity index (χ1v) is 9.68. The molecular formula is C22H20F3N5O. The van der Waals surface area contributed by atoms with Gasteiger partial charge in [0.2, 0.25) is 0 Å². The average molecular weight is 427 g/mol. The first kappa shape index (κ1) is 20.6. The van der Waals surface area contributed by atoms with Crippen molar-refractivity contribution in [3.05, 3.63) is 77.4 Å². The van der Waals surface area contributed by atoms with Gasteiger partial charge in [0.15, 0.2) is 0 Å². The highest BCUT2D eigenvalue weighted by molar-refractivity contribution is 5.95. The Kier molecular flexibility index (Phi) is 5.26. The first-order chi connectivity index (χ1) is 14.8. The molecule has 0 atom stereocenters. The minimum absolute atomic E-state index is 0.242. The zero-order chi connectivity index (χ0) is 22.2. The molecule has 0 bridgehead atoms. The van der Waals surface area contributed by atoms with E-state index < -0.39 is 11.7 Å². The number of alkyl halides is 3. The second-order valence-corrected chi connectivity index (χ2v) is 7.16. The second-order valence-electron chi connectivity index (χ2n) is 7.16. The summed E-state index contributed by atoms with van der Waals surface area (Å²) >= 11 is 0. The lowest BCUT2D eigenvalue weighted by Crippen LogP contribution is -2.27. The van der Waals surface area contributed by atoms with E-state index in [1.165, 1.54) is 23.0 Å². The van der Waals surface area contributed by atoms with E-state index in [0.717, 1.165) is 29.0 Å². The van der Waals surface area contributed by atoms with Crippen molar-refractivity contribution in [2.75, 3.05) is 6.54 Å². The number of para-hydroxylation sites is 2. The zero-order valence-electron chi connectivity index (χ0n) is 16.9. The maximum atomic E-state index is 13.0. The van der Waals surface area contributed by atoms with Crippen LogP contribution in [-0.4, -0.2) is 31.8 Å². The Balaban J connectivity index is 1.48. The fourth-order valence-corrected chi connectivity index (χ4v) is 3.56. The van der Waals surface area contributed by atoms with E-state index >= 15 is 0 Å². The van der Waals surface area contributed by atoms with Crippen LogP contribution in [0.1, 0.15) is 27.4 Å². The summed E-state index contributed by atoms with van der Waals surface area (Å²) in [6.07, 6.45) is -3.09. The normalized spacial score (nSPS) is 11.8. The molecule has 0 aliphatic carbocycles. The summed E-state index contributed by atoms with van der Waals surface area (Å²) in [5.41, 5.74) is 2.12. The molecule has 160 valence electrons. The van der Waals surface area contributed by atoms with Crippen LogP contribution in [0.4, 0.5) is 13.2 Å². The van der Waals surface area contributed by atoms with E-state index in [1.807, 2.05) is 35.8 Å². The van der Waals surface area contributed by atoms with Crippen LogP contribution in [0.25, 0.3) is 16.7 Å². The number of amides is 1. The fraction of sp³-hybridized carbons (Fsp3) is 0.227. The summed E-state index contributed by atoms with van der Waals surface area (Å²) < 4.78 is 42.4. The molecule has 0 radical (unpaired) electrons. The summed E-state index contributed by atoms with van der Waals surface area (Å²) in [7, 11) is 0. The Morgan fingerprint density at radius 1 is 1.10 bits per heavy atom. The maximum Gasteiger partial charge on any atom is 0.416 e. The molecule has 31 heavy (non-hydrogen) atoms. The molecule has 0 aliphatic heterocycles. The number of aromatic nitrogens is 4. The number of benzene rings is 2. The molecular weight excluding hydrogens is 407 g/mol. The van der Waals surface area contributed by atoms with E-state index in [9.17, 15) is 18.0 Å².